The molecule has 0 aliphatic heterocycles. The van der Waals surface area contributed by atoms with Crippen LogP contribution in [0, 0.1) is 12.8 Å². The van der Waals surface area contributed by atoms with E-state index in [9.17, 15) is 8.42 Å². The average Bonchev–Trinajstić information content (AvgIpc) is 2.69. The molecule has 1 fully saturated rings. The van der Waals surface area contributed by atoms with Crippen molar-refractivity contribution in [1.29, 1.82) is 0 Å². The zero-order valence-corrected chi connectivity index (χ0v) is 13.2. The van der Waals surface area contributed by atoms with Crippen LogP contribution in [0.3, 0.4) is 0 Å². The number of rotatable bonds is 3. The molecule has 5 nitrogen and oxygen atoms in total. The van der Waals surface area contributed by atoms with Gasteiger partial charge in [-0.15, -0.1) is 0 Å². The fourth-order valence-electron chi connectivity index (χ4n) is 2.58. The number of nitrogens with zero attached hydrogens (tertiary/aromatic N) is 2. The second-order valence-corrected chi connectivity index (χ2v) is 8.58. The lowest BCUT2D eigenvalue weighted by atomic mass is 9.87. The van der Waals surface area contributed by atoms with Crippen LogP contribution in [0.15, 0.2) is 4.21 Å². The summed E-state index contributed by atoms with van der Waals surface area (Å²) < 4.78 is 27.0. The predicted molar refractivity (Wildman–Crippen MR) is 77.6 cm³/mol. The molecule has 2 N–H and O–H groups in total. The van der Waals surface area contributed by atoms with E-state index in [1.165, 1.54) is 4.31 Å². The van der Waals surface area contributed by atoms with Crippen LogP contribution in [0.4, 0.5) is 5.13 Å². The van der Waals surface area contributed by atoms with Gasteiger partial charge in [0.2, 0.25) is 0 Å². The summed E-state index contributed by atoms with van der Waals surface area (Å²) in [6.07, 6.45) is 4.05. The third kappa shape index (κ3) is 2.93. The molecule has 0 aromatic carbocycles. The molecule has 1 aliphatic rings. The molecule has 0 unspecified atom stereocenters. The maximum absolute atomic E-state index is 12.6. The van der Waals surface area contributed by atoms with Crippen LogP contribution in [-0.4, -0.2) is 30.8 Å². The van der Waals surface area contributed by atoms with E-state index < -0.39 is 10.0 Å². The van der Waals surface area contributed by atoms with E-state index in [1.807, 2.05) is 0 Å². The summed E-state index contributed by atoms with van der Waals surface area (Å²) in [4.78, 5) is 4.01. The SMILES string of the molecule is Cc1nc(N)sc1S(=O)(=O)N(C)C1CCC(C)CC1. The maximum atomic E-state index is 12.6. The van der Waals surface area contributed by atoms with Gasteiger partial charge < -0.3 is 5.73 Å². The molecule has 0 atom stereocenters. The number of sulfonamides is 1. The first kappa shape index (κ1) is 14.7. The maximum Gasteiger partial charge on any atom is 0.254 e. The molecular weight excluding hydrogens is 282 g/mol. The van der Waals surface area contributed by atoms with E-state index in [0.717, 1.165) is 37.0 Å². The number of hydrogen-bond donors (Lipinski definition) is 1. The van der Waals surface area contributed by atoms with Crippen LogP contribution in [0.25, 0.3) is 0 Å². The van der Waals surface area contributed by atoms with Gasteiger partial charge >= 0.3 is 0 Å². The van der Waals surface area contributed by atoms with Crippen molar-refractivity contribution in [3.05, 3.63) is 5.69 Å². The Morgan fingerprint density at radius 2 is 1.89 bits per heavy atom. The largest absolute Gasteiger partial charge is 0.375 e. The zero-order chi connectivity index (χ0) is 14.2. The van der Waals surface area contributed by atoms with Crippen LogP contribution in [0.1, 0.15) is 38.3 Å². The number of aryl methyl sites for hydroxylation is 1. The molecule has 108 valence electrons. The van der Waals surface area contributed by atoms with Gasteiger partial charge in [-0.2, -0.15) is 4.31 Å². The number of thiazole rings is 1. The molecule has 0 saturated heterocycles. The first-order valence-corrected chi connectivity index (χ1v) is 8.79. The summed E-state index contributed by atoms with van der Waals surface area (Å²) in [6.45, 7) is 3.91. The van der Waals surface area contributed by atoms with Gasteiger partial charge in [0.1, 0.15) is 0 Å². The Labute approximate surface area is 118 Å². The summed E-state index contributed by atoms with van der Waals surface area (Å²) in [7, 11) is -1.78. The van der Waals surface area contributed by atoms with Gasteiger partial charge in [-0.1, -0.05) is 18.3 Å². The normalized spacial score (nSPS) is 24.8. The van der Waals surface area contributed by atoms with Crippen LogP contribution in [0.2, 0.25) is 0 Å². The summed E-state index contributed by atoms with van der Waals surface area (Å²) >= 11 is 1.05. The van der Waals surface area contributed by atoms with Gasteiger partial charge in [-0.25, -0.2) is 13.4 Å². The highest BCUT2D eigenvalue weighted by Crippen LogP contribution is 2.32. The molecule has 0 amide bonds. The molecule has 2 rings (SSSR count). The van der Waals surface area contributed by atoms with Crippen molar-refractivity contribution in [2.75, 3.05) is 12.8 Å². The third-order valence-corrected chi connectivity index (χ3v) is 7.37. The molecular formula is C12H21N3O2S2. The molecule has 0 spiro atoms. The highest BCUT2D eigenvalue weighted by atomic mass is 32.2. The van der Waals surface area contributed by atoms with E-state index in [-0.39, 0.29) is 10.3 Å². The second kappa shape index (κ2) is 5.38. The monoisotopic (exact) mass is 303 g/mol. The van der Waals surface area contributed by atoms with E-state index in [1.54, 1.807) is 14.0 Å². The Hall–Kier alpha value is -0.660. The number of aromatic nitrogens is 1. The van der Waals surface area contributed by atoms with Gasteiger partial charge in [0.25, 0.3) is 10.0 Å². The van der Waals surface area contributed by atoms with Crippen LogP contribution in [-0.2, 0) is 10.0 Å². The van der Waals surface area contributed by atoms with Gasteiger partial charge in [-0.3, -0.25) is 0 Å². The fraction of sp³-hybridized carbons (Fsp3) is 0.750. The van der Waals surface area contributed by atoms with Crippen LogP contribution in [0.5, 0.6) is 0 Å². The summed E-state index contributed by atoms with van der Waals surface area (Å²) in [5.41, 5.74) is 6.10. The van der Waals surface area contributed by atoms with Crippen molar-refractivity contribution in [2.24, 2.45) is 5.92 Å². The minimum atomic E-state index is -3.46. The Kier molecular flexibility index (Phi) is 4.17. The predicted octanol–water partition coefficient (Wildman–Crippen LogP) is 2.23. The molecule has 7 heteroatoms. The number of anilines is 1. The smallest absolute Gasteiger partial charge is 0.254 e. The lowest BCUT2D eigenvalue weighted by molar-refractivity contribution is 0.246. The van der Waals surface area contributed by atoms with Crippen molar-refractivity contribution in [2.45, 2.75) is 49.8 Å². The molecule has 0 bridgehead atoms. The molecule has 19 heavy (non-hydrogen) atoms. The summed E-state index contributed by atoms with van der Waals surface area (Å²) in [6, 6.07) is 0.101. The standard InChI is InChI=1S/C12H21N3O2S2/c1-8-4-6-10(7-5-8)15(3)19(16,17)11-9(2)14-12(13)18-11/h8,10H,4-7H2,1-3H3,(H2,13,14). The fourth-order valence-corrected chi connectivity index (χ4v) is 5.45. The highest BCUT2D eigenvalue weighted by Gasteiger charge is 2.33. The lowest BCUT2D eigenvalue weighted by Crippen LogP contribution is -2.39. The number of hydrogen-bond acceptors (Lipinski definition) is 5. The molecule has 1 saturated carbocycles. The van der Waals surface area contributed by atoms with Gasteiger partial charge in [0.15, 0.2) is 9.34 Å². The Balaban J connectivity index is 2.22. The van der Waals surface area contributed by atoms with Gasteiger partial charge in [0, 0.05) is 13.1 Å². The van der Waals surface area contributed by atoms with Crippen molar-refractivity contribution in [3.63, 3.8) is 0 Å². The minimum absolute atomic E-state index is 0.101. The topological polar surface area (TPSA) is 76.3 Å². The molecule has 1 aromatic rings. The molecule has 0 radical (unpaired) electrons. The first-order chi connectivity index (χ1) is 8.82. The van der Waals surface area contributed by atoms with E-state index in [4.69, 9.17) is 5.73 Å². The molecule has 1 aromatic heterocycles. The van der Waals surface area contributed by atoms with E-state index >= 15 is 0 Å². The summed E-state index contributed by atoms with van der Waals surface area (Å²) in [5, 5.41) is 0.307. The van der Waals surface area contributed by atoms with Crippen molar-refractivity contribution in [1.82, 2.24) is 9.29 Å². The second-order valence-electron chi connectivity index (χ2n) is 5.36. The van der Waals surface area contributed by atoms with Crippen LogP contribution < -0.4 is 5.73 Å². The lowest BCUT2D eigenvalue weighted by Gasteiger charge is -2.32. The minimum Gasteiger partial charge on any atom is -0.375 e. The highest BCUT2D eigenvalue weighted by molar-refractivity contribution is 7.91. The van der Waals surface area contributed by atoms with Crippen molar-refractivity contribution in [3.8, 4) is 0 Å². The van der Waals surface area contributed by atoms with Crippen molar-refractivity contribution < 1.29 is 8.42 Å². The Morgan fingerprint density at radius 1 is 1.32 bits per heavy atom. The summed E-state index contributed by atoms with van der Waals surface area (Å²) in [5.74, 6) is 0.702. The van der Waals surface area contributed by atoms with Crippen LogP contribution >= 0.6 is 11.3 Å². The van der Waals surface area contributed by atoms with E-state index in [0.29, 0.717) is 16.7 Å². The number of nitrogen functional groups attached to an aromatic ring is 1. The Bertz CT molecular complexity index is 545. The van der Waals surface area contributed by atoms with Gasteiger partial charge in [0.05, 0.1) is 5.69 Å². The van der Waals surface area contributed by atoms with E-state index in [2.05, 4.69) is 11.9 Å². The average molecular weight is 303 g/mol. The van der Waals surface area contributed by atoms with Gasteiger partial charge in [-0.05, 0) is 38.5 Å². The molecule has 1 heterocycles. The molecule has 1 aliphatic carbocycles. The first-order valence-electron chi connectivity index (χ1n) is 6.53. The Morgan fingerprint density at radius 3 is 2.37 bits per heavy atom. The third-order valence-electron chi connectivity index (χ3n) is 3.88. The zero-order valence-electron chi connectivity index (χ0n) is 11.6. The van der Waals surface area contributed by atoms with Crippen molar-refractivity contribution >= 4 is 26.5 Å². The quantitative estimate of drug-likeness (QED) is 0.929. The number of nitrogens with two attached hydrogens (primary N) is 1.